The van der Waals surface area contributed by atoms with Crippen molar-refractivity contribution in [1.82, 2.24) is 15.2 Å². The summed E-state index contributed by atoms with van der Waals surface area (Å²) in [6.45, 7) is 2.35. The van der Waals surface area contributed by atoms with Crippen LogP contribution in [0.25, 0.3) is 0 Å². The van der Waals surface area contributed by atoms with Crippen LogP contribution in [0.1, 0.15) is 17.5 Å². The van der Waals surface area contributed by atoms with Crippen molar-refractivity contribution in [1.29, 1.82) is 0 Å². The summed E-state index contributed by atoms with van der Waals surface area (Å²) >= 11 is 5.88. The summed E-state index contributed by atoms with van der Waals surface area (Å²) in [6, 6.07) is 5.00. The Hall–Kier alpha value is -2.08. The van der Waals surface area contributed by atoms with E-state index in [1.54, 1.807) is 18.2 Å². The molecule has 0 atom stereocenters. The second-order valence-electron chi connectivity index (χ2n) is 3.36. The molecule has 2 aromatic rings. The maximum atomic E-state index is 11.8. The van der Waals surface area contributed by atoms with Crippen molar-refractivity contribution in [2.75, 3.05) is 11.9 Å². The van der Waals surface area contributed by atoms with E-state index in [1.165, 1.54) is 6.33 Å². The third-order valence-electron chi connectivity index (χ3n) is 2.12. The highest BCUT2D eigenvalue weighted by atomic mass is 35.5. The molecule has 18 heavy (non-hydrogen) atoms. The fourth-order valence-electron chi connectivity index (χ4n) is 1.38. The van der Waals surface area contributed by atoms with Crippen molar-refractivity contribution in [2.45, 2.75) is 6.92 Å². The number of anilines is 1. The molecule has 2 N–H and O–H groups in total. The lowest BCUT2D eigenvalue weighted by molar-refractivity contribution is 0.101. The number of ether oxygens (including phenoxy) is 1. The van der Waals surface area contributed by atoms with E-state index in [2.05, 4.69) is 20.5 Å². The van der Waals surface area contributed by atoms with E-state index in [1.807, 2.05) is 6.92 Å². The van der Waals surface area contributed by atoms with Crippen LogP contribution in [0.5, 0.6) is 5.75 Å². The highest BCUT2D eigenvalue weighted by Crippen LogP contribution is 2.28. The number of hydrogen-bond acceptors (Lipinski definition) is 4. The Balaban J connectivity index is 2.22. The van der Waals surface area contributed by atoms with Gasteiger partial charge in [-0.1, -0.05) is 11.6 Å². The second kappa shape index (κ2) is 5.50. The third-order valence-corrected chi connectivity index (χ3v) is 2.35. The van der Waals surface area contributed by atoms with E-state index in [4.69, 9.17) is 16.3 Å². The zero-order valence-corrected chi connectivity index (χ0v) is 10.4. The highest BCUT2D eigenvalue weighted by Gasteiger charge is 2.12. The minimum Gasteiger partial charge on any atom is -0.492 e. The van der Waals surface area contributed by atoms with Crippen LogP contribution in [-0.2, 0) is 0 Å². The molecule has 2 rings (SSSR count). The first-order valence-electron chi connectivity index (χ1n) is 5.29. The predicted octanol–water partition coefficient (Wildman–Crippen LogP) is 2.11. The number of aromatic nitrogens is 3. The normalized spacial score (nSPS) is 10.1. The summed E-state index contributed by atoms with van der Waals surface area (Å²) in [5.74, 6) is 0.267. The molecule has 0 saturated carbocycles. The van der Waals surface area contributed by atoms with Gasteiger partial charge in [0.1, 0.15) is 12.1 Å². The number of benzene rings is 1. The Morgan fingerprint density at radius 3 is 3.06 bits per heavy atom. The molecule has 6 nitrogen and oxygen atoms in total. The van der Waals surface area contributed by atoms with Crippen LogP contribution in [0.3, 0.4) is 0 Å². The molecule has 0 unspecified atom stereocenters. The van der Waals surface area contributed by atoms with Crippen LogP contribution >= 0.6 is 11.6 Å². The van der Waals surface area contributed by atoms with E-state index in [9.17, 15) is 4.79 Å². The zero-order valence-electron chi connectivity index (χ0n) is 9.61. The largest absolute Gasteiger partial charge is 0.492 e. The number of amides is 1. The zero-order chi connectivity index (χ0) is 13.0. The number of halogens is 1. The molecule has 0 aliphatic rings. The first-order valence-corrected chi connectivity index (χ1v) is 5.67. The molecule has 0 aliphatic heterocycles. The predicted molar refractivity (Wildman–Crippen MR) is 67.0 cm³/mol. The topological polar surface area (TPSA) is 79.9 Å². The van der Waals surface area contributed by atoms with E-state index < -0.39 is 5.91 Å². The molecule has 0 aliphatic carbocycles. The van der Waals surface area contributed by atoms with Crippen LogP contribution < -0.4 is 10.1 Å². The maximum Gasteiger partial charge on any atom is 0.293 e. The first-order chi connectivity index (χ1) is 8.70. The number of nitrogens with zero attached hydrogens (tertiary/aromatic N) is 2. The van der Waals surface area contributed by atoms with E-state index in [0.717, 1.165) is 0 Å². The molecule has 0 spiro atoms. The minimum absolute atomic E-state index is 0.123. The summed E-state index contributed by atoms with van der Waals surface area (Å²) in [5.41, 5.74) is 0.491. The van der Waals surface area contributed by atoms with Crippen LogP contribution in [0.4, 0.5) is 5.69 Å². The second-order valence-corrected chi connectivity index (χ2v) is 3.80. The number of hydrogen-bond donors (Lipinski definition) is 2. The van der Waals surface area contributed by atoms with Crippen molar-refractivity contribution in [3.8, 4) is 5.75 Å². The maximum absolute atomic E-state index is 11.8. The lowest BCUT2D eigenvalue weighted by Gasteiger charge is -2.10. The van der Waals surface area contributed by atoms with Gasteiger partial charge in [-0.15, -0.1) is 0 Å². The van der Waals surface area contributed by atoms with Gasteiger partial charge in [-0.25, -0.2) is 4.98 Å². The lowest BCUT2D eigenvalue weighted by atomic mass is 10.3. The van der Waals surface area contributed by atoms with Gasteiger partial charge in [-0.2, -0.15) is 5.10 Å². The molecule has 1 amide bonds. The van der Waals surface area contributed by atoms with Gasteiger partial charge < -0.3 is 10.1 Å². The van der Waals surface area contributed by atoms with Gasteiger partial charge in [-0.05, 0) is 25.1 Å². The molecule has 1 heterocycles. The van der Waals surface area contributed by atoms with Gasteiger partial charge in [0.05, 0.1) is 12.3 Å². The van der Waals surface area contributed by atoms with E-state index in [0.29, 0.717) is 23.1 Å². The molecule has 1 aromatic heterocycles. The lowest BCUT2D eigenvalue weighted by Crippen LogP contribution is -2.14. The van der Waals surface area contributed by atoms with Crippen LogP contribution in [0, 0.1) is 0 Å². The van der Waals surface area contributed by atoms with Gasteiger partial charge in [0.2, 0.25) is 5.82 Å². The molecule has 0 bridgehead atoms. The first kappa shape index (κ1) is 12.4. The molecule has 0 saturated heterocycles. The SMILES string of the molecule is CCOc1ccc(Cl)cc1NC(=O)c1ncn[nH]1. The number of carbonyl (C=O) groups is 1. The van der Waals surface area contributed by atoms with Gasteiger partial charge in [-0.3, -0.25) is 9.89 Å². The molecule has 0 radical (unpaired) electrons. The Kier molecular flexibility index (Phi) is 3.78. The number of carbonyl (C=O) groups excluding carboxylic acids is 1. The number of aromatic amines is 1. The van der Waals surface area contributed by atoms with Crippen molar-refractivity contribution in [2.24, 2.45) is 0 Å². The molecule has 1 aromatic carbocycles. The molecule has 0 fully saturated rings. The third kappa shape index (κ3) is 2.78. The van der Waals surface area contributed by atoms with Gasteiger partial charge >= 0.3 is 0 Å². The number of H-pyrrole nitrogens is 1. The Bertz CT molecular complexity index is 542. The highest BCUT2D eigenvalue weighted by molar-refractivity contribution is 6.31. The average molecular weight is 267 g/mol. The molecular formula is C11H11ClN4O2. The fraction of sp³-hybridized carbons (Fsp3) is 0.182. The summed E-state index contributed by atoms with van der Waals surface area (Å²) < 4.78 is 5.39. The summed E-state index contributed by atoms with van der Waals surface area (Å²) in [7, 11) is 0. The smallest absolute Gasteiger partial charge is 0.293 e. The quantitative estimate of drug-likeness (QED) is 0.888. The van der Waals surface area contributed by atoms with Crippen molar-refractivity contribution in [3.63, 3.8) is 0 Å². The monoisotopic (exact) mass is 266 g/mol. The van der Waals surface area contributed by atoms with Gasteiger partial charge in [0.15, 0.2) is 0 Å². The Morgan fingerprint density at radius 2 is 2.39 bits per heavy atom. The van der Waals surface area contributed by atoms with Crippen molar-refractivity contribution in [3.05, 3.63) is 35.4 Å². The summed E-state index contributed by atoms with van der Waals surface area (Å²) in [4.78, 5) is 15.6. The summed E-state index contributed by atoms with van der Waals surface area (Å²) in [6.07, 6.45) is 1.26. The van der Waals surface area contributed by atoms with Crippen LogP contribution in [0.15, 0.2) is 24.5 Å². The minimum atomic E-state index is -0.407. The Morgan fingerprint density at radius 1 is 1.56 bits per heavy atom. The number of nitrogens with one attached hydrogen (secondary N) is 2. The van der Waals surface area contributed by atoms with Crippen LogP contribution in [-0.4, -0.2) is 27.7 Å². The van der Waals surface area contributed by atoms with Gasteiger partial charge in [0, 0.05) is 5.02 Å². The van der Waals surface area contributed by atoms with Crippen molar-refractivity contribution >= 4 is 23.2 Å². The van der Waals surface area contributed by atoms with Gasteiger partial charge in [0.25, 0.3) is 5.91 Å². The van der Waals surface area contributed by atoms with E-state index >= 15 is 0 Å². The van der Waals surface area contributed by atoms with Crippen LogP contribution in [0.2, 0.25) is 5.02 Å². The molecular weight excluding hydrogens is 256 g/mol. The molecule has 94 valence electrons. The number of rotatable bonds is 4. The summed E-state index contributed by atoms with van der Waals surface area (Å²) in [5, 5.41) is 9.25. The molecule has 7 heteroatoms. The standard InChI is InChI=1S/C11H11ClN4O2/c1-2-18-9-4-3-7(12)5-8(9)15-11(17)10-13-6-14-16-10/h3-6H,2H2,1H3,(H,15,17)(H,13,14,16). The average Bonchev–Trinajstić information content (AvgIpc) is 2.86. The van der Waals surface area contributed by atoms with E-state index in [-0.39, 0.29) is 5.82 Å². The van der Waals surface area contributed by atoms with Crippen molar-refractivity contribution < 1.29 is 9.53 Å². The Labute approximate surface area is 108 Å². The fourth-order valence-corrected chi connectivity index (χ4v) is 1.55.